The summed E-state index contributed by atoms with van der Waals surface area (Å²) >= 11 is 2.26. The van der Waals surface area contributed by atoms with Crippen molar-refractivity contribution in [2.24, 2.45) is 0 Å². The molecular formula is C16H18INO2S. The Labute approximate surface area is 139 Å². The Morgan fingerprint density at radius 2 is 1.71 bits per heavy atom. The van der Waals surface area contributed by atoms with Gasteiger partial charge in [-0.15, -0.1) is 0 Å². The number of nitrogens with one attached hydrogen (secondary N) is 1. The van der Waals surface area contributed by atoms with E-state index in [9.17, 15) is 8.42 Å². The molecule has 2 aromatic rings. The number of sulfone groups is 1. The van der Waals surface area contributed by atoms with Crippen LogP contribution in [0.4, 0.5) is 5.69 Å². The number of anilines is 1. The highest BCUT2D eigenvalue weighted by atomic mass is 127. The van der Waals surface area contributed by atoms with Crippen molar-refractivity contribution >= 4 is 38.1 Å². The van der Waals surface area contributed by atoms with Crippen LogP contribution in [0.2, 0.25) is 0 Å². The van der Waals surface area contributed by atoms with Crippen LogP contribution in [0.15, 0.2) is 53.4 Å². The highest BCUT2D eigenvalue weighted by Gasteiger charge is 2.17. The Morgan fingerprint density at radius 3 is 2.33 bits per heavy atom. The molecule has 0 radical (unpaired) electrons. The van der Waals surface area contributed by atoms with Crippen LogP contribution in [-0.2, 0) is 9.84 Å². The summed E-state index contributed by atoms with van der Waals surface area (Å²) in [5.74, 6) is 0.101. The smallest absolute Gasteiger partial charge is 0.180 e. The lowest BCUT2D eigenvalue weighted by atomic mass is 10.1. The van der Waals surface area contributed by atoms with Crippen LogP contribution in [0.25, 0.3) is 0 Å². The third-order valence-corrected chi connectivity index (χ3v) is 5.85. The van der Waals surface area contributed by atoms with Crippen molar-refractivity contribution in [3.05, 3.63) is 57.7 Å². The number of hydrogen-bond acceptors (Lipinski definition) is 3. The molecule has 2 aromatic carbocycles. The van der Waals surface area contributed by atoms with Crippen LogP contribution >= 0.6 is 22.6 Å². The Kier molecular flexibility index (Phi) is 5.27. The molecule has 0 aliphatic rings. The number of rotatable bonds is 5. The molecule has 0 amide bonds. The molecule has 0 spiro atoms. The fraction of sp³-hybridized carbons (Fsp3) is 0.250. The highest BCUT2D eigenvalue weighted by molar-refractivity contribution is 14.1. The van der Waals surface area contributed by atoms with Crippen LogP contribution in [0.3, 0.4) is 0 Å². The molecule has 5 heteroatoms. The zero-order chi connectivity index (χ0) is 15.5. The molecule has 1 atom stereocenters. The first kappa shape index (κ1) is 16.3. The second kappa shape index (κ2) is 6.79. The molecule has 0 saturated heterocycles. The highest BCUT2D eigenvalue weighted by Crippen LogP contribution is 2.26. The fourth-order valence-electron chi connectivity index (χ4n) is 2.08. The molecule has 0 fully saturated rings. The maximum absolute atomic E-state index is 12.1. The number of halogens is 1. The van der Waals surface area contributed by atoms with Crippen LogP contribution in [0.5, 0.6) is 0 Å². The van der Waals surface area contributed by atoms with E-state index in [1.807, 2.05) is 31.2 Å². The van der Waals surface area contributed by atoms with Gasteiger partial charge in [0.05, 0.1) is 16.3 Å². The first-order valence-corrected chi connectivity index (χ1v) is 9.51. The fourth-order valence-corrected chi connectivity index (χ4v) is 3.50. The molecule has 3 nitrogen and oxygen atoms in total. The normalized spacial score (nSPS) is 12.9. The van der Waals surface area contributed by atoms with E-state index in [4.69, 9.17) is 0 Å². The minimum Gasteiger partial charge on any atom is -0.377 e. The molecule has 0 bridgehead atoms. The van der Waals surface area contributed by atoms with Gasteiger partial charge in [-0.3, -0.25) is 0 Å². The van der Waals surface area contributed by atoms with E-state index in [1.165, 1.54) is 3.57 Å². The number of hydrogen-bond donors (Lipinski definition) is 1. The zero-order valence-corrected chi connectivity index (χ0v) is 15.0. The van der Waals surface area contributed by atoms with Crippen molar-refractivity contribution < 1.29 is 8.42 Å². The average molecular weight is 415 g/mol. The first-order valence-electron chi connectivity index (χ1n) is 6.78. The summed E-state index contributed by atoms with van der Waals surface area (Å²) in [6, 6.07) is 15.3. The Bertz CT molecular complexity index is 711. The Balaban J connectivity index is 2.30. The largest absolute Gasteiger partial charge is 0.377 e. The molecule has 1 unspecified atom stereocenters. The van der Waals surface area contributed by atoms with Crippen molar-refractivity contribution in [3.63, 3.8) is 0 Å². The summed E-state index contributed by atoms with van der Waals surface area (Å²) in [5, 5.41) is 3.31. The van der Waals surface area contributed by atoms with E-state index in [2.05, 4.69) is 40.0 Å². The van der Waals surface area contributed by atoms with Gasteiger partial charge in [0, 0.05) is 9.61 Å². The summed E-state index contributed by atoms with van der Waals surface area (Å²) in [5.41, 5.74) is 1.78. The zero-order valence-electron chi connectivity index (χ0n) is 12.0. The Hall–Kier alpha value is -1.08. The van der Waals surface area contributed by atoms with Crippen molar-refractivity contribution in [2.45, 2.75) is 24.8 Å². The molecule has 0 heterocycles. The predicted octanol–water partition coefficient (Wildman–Crippen LogP) is 4.26. The maximum Gasteiger partial charge on any atom is 0.180 e. The van der Waals surface area contributed by atoms with Gasteiger partial charge in [0.15, 0.2) is 9.84 Å². The molecule has 0 aromatic heterocycles. The summed E-state index contributed by atoms with van der Waals surface area (Å²) in [4.78, 5) is 0.366. The van der Waals surface area contributed by atoms with E-state index < -0.39 is 9.84 Å². The van der Waals surface area contributed by atoms with Gasteiger partial charge in [-0.25, -0.2) is 8.42 Å². The van der Waals surface area contributed by atoms with E-state index in [-0.39, 0.29) is 11.8 Å². The quantitative estimate of drug-likeness (QED) is 0.743. The Morgan fingerprint density at radius 1 is 1.10 bits per heavy atom. The van der Waals surface area contributed by atoms with E-state index in [0.29, 0.717) is 10.6 Å². The van der Waals surface area contributed by atoms with Gasteiger partial charge in [0.2, 0.25) is 0 Å². The topological polar surface area (TPSA) is 46.2 Å². The van der Waals surface area contributed by atoms with Gasteiger partial charge < -0.3 is 5.32 Å². The molecular weight excluding hydrogens is 397 g/mol. The lowest BCUT2D eigenvalue weighted by molar-refractivity contribution is 0.597. The van der Waals surface area contributed by atoms with Crippen LogP contribution in [0.1, 0.15) is 25.5 Å². The third-order valence-electron chi connectivity index (χ3n) is 3.34. The van der Waals surface area contributed by atoms with Gasteiger partial charge in [0.1, 0.15) is 0 Å². The summed E-state index contributed by atoms with van der Waals surface area (Å²) in [6.07, 6.45) is 0. The van der Waals surface area contributed by atoms with E-state index in [1.54, 1.807) is 19.1 Å². The second-order valence-electron chi connectivity index (χ2n) is 4.82. The molecule has 1 N–H and O–H groups in total. The minimum atomic E-state index is -3.23. The lowest BCUT2D eigenvalue weighted by Gasteiger charge is -2.18. The standard InChI is InChI=1S/C16H18INO2S/c1-3-21(19,20)16-7-5-4-6-15(16)18-12(2)13-8-10-14(17)11-9-13/h4-12,18H,3H2,1-2H3. The molecule has 112 valence electrons. The molecule has 2 rings (SSSR count). The number of para-hydroxylation sites is 1. The van der Waals surface area contributed by atoms with Crippen LogP contribution in [-0.4, -0.2) is 14.2 Å². The van der Waals surface area contributed by atoms with Gasteiger partial charge in [-0.1, -0.05) is 31.2 Å². The van der Waals surface area contributed by atoms with Gasteiger partial charge in [-0.2, -0.15) is 0 Å². The van der Waals surface area contributed by atoms with Crippen molar-refractivity contribution in [2.75, 3.05) is 11.1 Å². The predicted molar refractivity (Wildman–Crippen MR) is 95.4 cm³/mol. The number of benzene rings is 2. The lowest BCUT2D eigenvalue weighted by Crippen LogP contribution is -2.12. The van der Waals surface area contributed by atoms with Crippen molar-refractivity contribution in [1.82, 2.24) is 0 Å². The summed E-state index contributed by atoms with van der Waals surface area (Å²) in [6.45, 7) is 3.69. The maximum atomic E-state index is 12.1. The third kappa shape index (κ3) is 3.97. The SMILES string of the molecule is CCS(=O)(=O)c1ccccc1NC(C)c1ccc(I)cc1. The average Bonchev–Trinajstić information content (AvgIpc) is 2.48. The first-order chi connectivity index (χ1) is 9.94. The van der Waals surface area contributed by atoms with Crippen LogP contribution in [0, 0.1) is 3.57 Å². The summed E-state index contributed by atoms with van der Waals surface area (Å²) < 4.78 is 25.5. The van der Waals surface area contributed by atoms with Crippen LogP contribution < -0.4 is 5.32 Å². The van der Waals surface area contributed by atoms with Gasteiger partial charge >= 0.3 is 0 Å². The van der Waals surface area contributed by atoms with E-state index >= 15 is 0 Å². The van der Waals surface area contributed by atoms with Crippen molar-refractivity contribution in [3.8, 4) is 0 Å². The minimum absolute atomic E-state index is 0.0372. The van der Waals surface area contributed by atoms with E-state index in [0.717, 1.165) is 5.56 Å². The molecule has 0 saturated carbocycles. The molecule has 0 aliphatic carbocycles. The molecule has 0 aliphatic heterocycles. The van der Waals surface area contributed by atoms with Gasteiger partial charge in [0.25, 0.3) is 0 Å². The monoisotopic (exact) mass is 415 g/mol. The van der Waals surface area contributed by atoms with Gasteiger partial charge in [-0.05, 0) is 59.3 Å². The summed E-state index contributed by atoms with van der Waals surface area (Å²) in [7, 11) is -3.23. The molecule has 21 heavy (non-hydrogen) atoms. The van der Waals surface area contributed by atoms with Crippen molar-refractivity contribution in [1.29, 1.82) is 0 Å². The second-order valence-corrected chi connectivity index (χ2v) is 8.31.